The fraction of sp³-hybridized carbons (Fsp3) is 0.188. The highest BCUT2D eigenvalue weighted by Crippen LogP contribution is 2.47. The quantitative estimate of drug-likeness (QED) is 0.893. The Hall–Kier alpha value is -2.13. The van der Waals surface area contributed by atoms with Gasteiger partial charge in [0.05, 0.1) is 5.56 Å². The monoisotopic (exact) mass is 254 g/mol. The van der Waals surface area contributed by atoms with Crippen LogP contribution in [0, 0.1) is 6.92 Å². The molecule has 0 amide bonds. The Morgan fingerprint density at radius 1 is 1.16 bits per heavy atom. The van der Waals surface area contributed by atoms with Crippen molar-refractivity contribution in [3.05, 3.63) is 58.7 Å². The summed E-state index contributed by atoms with van der Waals surface area (Å²) in [6, 6.07) is 11.7. The largest absolute Gasteiger partial charge is 0.478 e. The first kappa shape index (κ1) is 11.9. The summed E-state index contributed by atoms with van der Waals surface area (Å²) in [4.78, 5) is 11.5. The van der Waals surface area contributed by atoms with Crippen molar-refractivity contribution in [3.63, 3.8) is 0 Å². The molecule has 96 valence electrons. The Labute approximate surface area is 111 Å². The number of hydrogen-bond acceptors (Lipinski definition) is 2. The number of benzene rings is 2. The Kier molecular flexibility index (Phi) is 2.64. The number of fused-ring (bicyclic) bond motifs is 3. The predicted molar refractivity (Wildman–Crippen MR) is 72.4 cm³/mol. The van der Waals surface area contributed by atoms with Gasteiger partial charge in [0.1, 0.15) is 6.10 Å². The van der Waals surface area contributed by atoms with Crippen molar-refractivity contribution in [2.75, 3.05) is 7.11 Å². The predicted octanol–water partition coefficient (Wildman–Crippen LogP) is 3.41. The van der Waals surface area contributed by atoms with E-state index in [4.69, 9.17) is 4.74 Å². The Morgan fingerprint density at radius 3 is 2.58 bits per heavy atom. The number of ether oxygens (including phenoxy) is 1. The van der Waals surface area contributed by atoms with Gasteiger partial charge in [-0.25, -0.2) is 4.79 Å². The molecule has 19 heavy (non-hydrogen) atoms. The van der Waals surface area contributed by atoms with Crippen molar-refractivity contribution >= 4 is 5.97 Å². The first-order valence-electron chi connectivity index (χ1n) is 6.14. The number of hydrogen-bond donors (Lipinski definition) is 1. The zero-order valence-corrected chi connectivity index (χ0v) is 10.8. The van der Waals surface area contributed by atoms with Gasteiger partial charge in [0.25, 0.3) is 0 Å². The molecular weight excluding hydrogens is 240 g/mol. The van der Waals surface area contributed by atoms with Crippen LogP contribution in [0.3, 0.4) is 0 Å². The summed E-state index contributed by atoms with van der Waals surface area (Å²) in [5.41, 5.74) is 4.96. The van der Waals surface area contributed by atoms with Crippen molar-refractivity contribution in [3.8, 4) is 11.1 Å². The summed E-state index contributed by atoms with van der Waals surface area (Å²) >= 11 is 0. The minimum atomic E-state index is -0.899. The van der Waals surface area contributed by atoms with Crippen molar-refractivity contribution < 1.29 is 14.6 Å². The molecule has 1 unspecified atom stereocenters. The zero-order valence-electron chi connectivity index (χ0n) is 10.8. The smallest absolute Gasteiger partial charge is 0.336 e. The fourth-order valence-electron chi connectivity index (χ4n) is 2.89. The van der Waals surface area contributed by atoms with Crippen LogP contribution < -0.4 is 0 Å². The van der Waals surface area contributed by atoms with Crippen LogP contribution in [0.2, 0.25) is 0 Å². The molecule has 2 aromatic carbocycles. The number of carboxylic acid groups (broad SMARTS) is 1. The van der Waals surface area contributed by atoms with E-state index < -0.39 is 5.97 Å². The molecule has 2 aromatic rings. The number of rotatable bonds is 2. The molecule has 0 saturated heterocycles. The van der Waals surface area contributed by atoms with Crippen LogP contribution in [-0.4, -0.2) is 18.2 Å². The third-order valence-electron chi connectivity index (χ3n) is 3.70. The standard InChI is InChI=1S/C16H14O3/c1-9-7-8-11-10-5-3-4-6-12(10)15(19-2)14(11)13(9)16(17)18/h3-8,15H,1-2H3,(H,17,18). The van der Waals surface area contributed by atoms with Gasteiger partial charge in [-0.15, -0.1) is 0 Å². The lowest BCUT2D eigenvalue weighted by atomic mass is 9.96. The number of aromatic carboxylic acids is 1. The van der Waals surface area contributed by atoms with Gasteiger partial charge >= 0.3 is 5.97 Å². The van der Waals surface area contributed by atoms with Crippen molar-refractivity contribution in [1.29, 1.82) is 0 Å². The lowest BCUT2D eigenvalue weighted by Crippen LogP contribution is -2.09. The van der Waals surface area contributed by atoms with E-state index in [1.165, 1.54) is 0 Å². The van der Waals surface area contributed by atoms with Crippen molar-refractivity contribution in [2.24, 2.45) is 0 Å². The summed E-state index contributed by atoms with van der Waals surface area (Å²) < 4.78 is 5.55. The van der Waals surface area contributed by atoms with Crippen molar-refractivity contribution in [1.82, 2.24) is 0 Å². The maximum absolute atomic E-state index is 11.5. The fourth-order valence-corrected chi connectivity index (χ4v) is 2.89. The molecule has 1 atom stereocenters. The number of aryl methyl sites for hydroxylation is 1. The van der Waals surface area contributed by atoms with E-state index in [2.05, 4.69) is 0 Å². The molecule has 0 spiro atoms. The molecule has 3 rings (SSSR count). The van der Waals surface area contributed by atoms with Crippen LogP contribution in [0.25, 0.3) is 11.1 Å². The number of methoxy groups -OCH3 is 1. The van der Waals surface area contributed by atoms with E-state index in [0.717, 1.165) is 27.8 Å². The Bertz CT molecular complexity index is 674. The first-order chi connectivity index (χ1) is 9.15. The molecule has 0 saturated carbocycles. The molecule has 0 aromatic heterocycles. The Morgan fingerprint density at radius 2 is 1.89 bits per heavy atom. The summed E-state index contributed by atoms with van der Waals surface area (Å²) in [5.74, 6) is -0.899. The minimum absolute atomic E-state index is 0.294. The number of carbonyl (C=O) groups is 1. The van der Waals surface area contributed by atoms with Crippen LogP contribution in [0.5, 0.6) is 0 Å². The number of carboxylic acids is 1. The average Bonchev–Trinajstić information content (AvgIpc) is 2.71. The molecule has 1 aliphatic carbocycles. The molecule has 1 aliphatic rings. The molecule has 0 fully saturated rings. The van der Waals surface area contributed by atoms with E-state index in [1.54, 1.807) is 7.11 Å². The maximum atomic E-state index is 11.5. The molecule has 3 heteroatoms. The van der Waals surface area contributed by atoms with Gasteiger partial charge in [0, 0.05) is 12.7 Å². The third kappa shape index (κ3) is 1.59. The maximum Gasteiger partial charge on any atom is 0.336 e. The van der Waals surface area contributed by atoms with E-state index in [1.807, 2.05) is 43.3 Å². The lowest BCUT2D eigenvalue weighted by Gasteiger charge is -2.15. The van der Waals surface area contributed by atoms with Gasteiger partial charge in [-0.3, -0.25) is 0 Å². The van der Waals surface area contributed by atoms with Gasteiger partial charge in [0.15, 0.2) is 0 Å². The summed E-state index contributed by atoms with van der Waals surface area (Å²) in [6.07, 6.45) is -0.294. The summed E-state index contributed by atoms with van der Waals surface area (Å²) in [7, 11) is 1.62. The molecule has 0 aliphatic heterocycles. The van der Waals surface area contributed by atoms with E-state index >= 15 is 0 Å². The second kappa shape index (κ2) is 4.21. The zero-order chi connectivity index (χ0) is 13.6. The molecule has 3 nitrogen and oxygen atoms in total. The lowest BCUT2D eigenvalue weighted by molar-refractivity contribution is 0.0687. The van der Waals surface area contributed by atoms with Crippen LogP contribution in [0.4, 0.5) is 0 Å². The van der Waals surface area contributed by atoms with Gasteiger partial charge in [-0.05, 0) is 29.2 Å². The highest BCUT2D eigenvalue weighted by molar-refractivity contribution is 5.96. The minimum Gasteiger partial charge on any atom is -0.478 e. The van der Waals surface area contributed by atoms with Crippen LogP contribution in [0.15, 0.2) is 36.4 Å². The van der Waals surface area contributed by atoms with Gasteiger partial charge in [-0.2, -0.15) is 0 Å². The van der Waals surface area contributed by atoms with E-state index in [0.29, 0.717) is 5.56 Å². The van der Waals surface area contributed by atoms with Crippen LogP contribution >= 0.6 is 0 Å². The highest BCUT2D eigenvalue weighted by atomic mass is 16.5. The second-order valence-electron chi connectivity index (χ2n) is 4.73. The van der Waals surface area contributed by atoms with Gasteiger partial charge in [-0.1, -0.05) is 36.4 Å². The summed E-state index contributed by atoms with van der Waals surface area (Å²) in [5, 5.41) is 9.47. The molecule has 0 radical (unpaired) electrons. The third-order valence-corrected chi connectivity index (χ3v) is 3.70. The molecule has 0 heterocycles. The van der Waals surface area contributed by atoms with Gasteiger partial charge < -0.3 is 9.84 Å². The second-order valence-corrected chi connectivity index (χ2v) is 4.73. The van der Waals surface area contributed by atoms with Crippen LogP contribution in [-0.2, 0) is 4.74 Å². The van der Waals surface area contributed by atoms with E-state index in [9.17, 15) is 9.90 Å². The highest BCUT2D eigenvalue weighted by Gasteiger charge is 2.33. The van der Waals surface area contributed by atoms with E-state index in [-0.39, 0.29) is 6.10 Å². The topological polar surface area (TPSA) is 46.5 Å². The Balaban J connectivity index is 2.37. The first-order valence-corrected chi connectivity index (χ1v) is 6.14. The van der Waals surface area contributed by atoms with Crippen molar-refractivity contribution in [2.45, 2.75) is 13.0 Å². The summed E-state index contributed by atoms with van der Waals surface area (Å²) in [6.45, 7) is 1.82. The normalized spacial score (nSPS) is 16.0. The van der Waals surface area contributed by atoms with Gasteiger partial charge in [0.2, 0.25) is 0 Å². The molecule has 0 bridgehead atoms. The van der Waals surface area contributed by atoms with Crippen LogP contribution in [0.1, 0.15) is 33.2 Å². The average molecular weight is 254 g/mol. The molecule has 1 N–H and O–H groups in total. The SMILES string of the molecule is COC1c2ccccc2-c2ccc(C)c(C(=O)O)c21. The molecular formula is C16H14O3.